The summed E-state index contributed by atoms with van der Waals surface area (Å²) in [6.07, 6.45) is 0. The normalized spacial score (nSPS) is 18.3. The number of rotatable bonds is 0. The average Bonchev–Trinajstić information content (AvgIpc) is 2.49. The number of aliphatic imine (C=N–C) groups is 1. The van der Waals surface area contributed by atoms with Crippen LogP contribution in [0.15, 0.2) is 4.99 Å². The molecule has 0 amide bonds. The SMILES string of the molecule is N=C(N)N1CCOCC1.N=C(N=C(N)N)N1CCOCC1. The third kappa shape index (κ3) is 6.77. The van der Waals surface area contributed by atoms with Crippen LogP contribution in [0, 0.1) is 10.8 Å². The van der Waals surface area contributed by atoms with E-state index in [0.717, 1.165) is 13.1 Å². The molecule has 2 aliphatic rings. The Morgan fingerprint density at radius 3 is 1.57 bits per heavy atom. The summed E-state index contributed by atoms with van der Waals surface area (Å²) in [6, 6.07) is 0. The minimum atomic E-state index is -0.0773. The number of hydrogen-bond donors (Lipinski definition) is 5. The molecular formula is C11H24N8O2. The van der Waals surface area contributed by atoms with Gasteiger partial charge >= 0.3 is 0 Å². The van der Waals surface area contributed by atoms with Crippen LogP contribution in [0.4, 0.5) is 0 Å². The predicted molar refractivity (Wildman–Crippen MR) is 80.2 cm³/mol. The Bertz CT molecular complexity index is 370. The van der Waals surface area contributed by atoms with Crippen LogP contribution >= 0.6 is 0 Å². The maximum absolute atomic E-state index is 7.44. The lowest BCUT2D eigenvalue weighted by molar-refractivity contribution is 0.0672. The summed E-state index contributed by atoms with van der Waals surface area (Å²) in [5.74, 6) is 0.183. The molecule has 0 aromatic heterocycles. The largest absolute Gasteiger partial charge is 0.378 e. The van der Waals surface area contributed by atoms with Gasteiger partial charge in [-0.05, 0) is 0 Å². The Labute approximate surface area is 123 Å². The summed E-state index contributed by atoms with van der Waals surface area (Å²) in [4.78, 5) is 7.19. The fourth-order valence-electron chi connectivity index (χ4n) is 1.77. The van der Waals surface area contributed by atoms with Crippen molar-refractivity contribution in [3.63, 3.8) is 0 Å². The Balaban J connectivity index is 0.000000219. The van der Waals surface area contributed by atoms with Crippen LogP contribution in [0.3, 0.4) is 0 Å². The summed E-state index contributed by atoms with van der Waals surface area (Å²) in [7, 11) is 0. The van der Waals surface area contributed by atoms with E-state index in [1.807, 2.05) is 0 Å². The zero-order valence-electron chi connectivity index (χ0n) is 12.0. The maximum Gasteiger partial charge on any atom is 0.221 e. The zero-order chi connectivity index (χ0) is 15.7. The van der Waals surface area contributed by atoms with Gasteiger partial charge in [0.05, 0.1) is 26.4 Å². The molecule has 2 saturated heterocycles. The van der Waals surface area contributed by atoms with E-state index in [4.69, 9.17) is 37.5 Å². The number of hydrogen-bond acceptors (Lipinski definition) is 4. The van der Waals surface area contributed by atoms with Crippen LogP contribution < -0.4 is 17.2 Å². The molecule has 0 aromatic rings. The van der Waals surface area contributed by atoms with Crippen molar-refractivity contribution in [2.45, 2.75) is 0 Å². The second-order valence-corrected chi connectivity index (χ2v) is 4.44. The van der Waals surface area contributed by atoms with Crippen LogP contribution in [0.2, 0.25) is 0 Å². The highest BCUT2D eigenvalue weighted by Crippen LogP contribution is 1.97. The highest BCUT2D eigenvalue weighted by Gasteiger charge is 2.12. The van der Waals surface area contributed by atoms with E-state index in [1.165, 1.54) is 0 Å². The van der Waals surface area contributed by atoms with Gasteiger partial charge in [-0.15, -0.1) is 0 Å². The van der Waals surface area contributed by atoms with Crippen molar-refractivity contribution in [1.29, 1.82) is 10.8 Å². The van der Waals surface area contributed by atoms with E-state index in [1.54, 1.807) is 9.80 Å². The molecule has 21 heavy (non-hydrogen) atoms. The number of nitrogens with zero attached hydrogens (tertiary/aromatic N) is 3. The van der Waals surface area contributed by atoms with Crippen molar-refractivity contribution >= 4 is 17.9 Å². The van der Waals surface area contributed by atoms with Crippen LogP contribution in [0.1, 0.15) is 0 Å². The topological polar surface area (TPSA) is 163 Å². The standard InChI is InChI=1S/C6H13N5O.C5H11N3O/c7-5(8)10-6(9)11-1-3-12-4-2-11;6-5(7)8-1-3-9-4-2-8/h1-4H2,(H5,7,8,9,10);1-4H2,(H3,6,7). The predicted octanol–water partition coefficient (Wildman–Crippen LogP) is -2.26. The van der Waals surface area contributed by atoms with E-state index in [9.17, 15) is 0 Å². The second-order valence-electron chi connectivity index (χ2n) is 4.44. The van der Waals surface area contributed by atoms with Crippen LogP contribution in [-0.2, 0) is 9.47 Å². The molecule has 120 valence electrons. The first-order valence-electron chi connectivity index (χ1n) is 6.68. The molecule has 2 rings (SSSR count). The fraction of sp³-hybridized carbons (Fsp3) is 0.727. The van der Waals surface area contributed by atoms with Crippen molar-refractivity contribution in [2.24, 2.45) is 22.2 Å². The molecule has 0 aliphatic carbocycles. The third-order valence-corrected chi connectivity index (χ3v) is 2.90. The second kappa shape index (κ2) is 8.97. The Morgan fingerprint density at radius 2 is 1.24 bits per heavy atom. The van der Waals surface area contributed by atoms with Crippen LogP contribution in [-0.4, -0.2) is 80.3 Å². The summed E-state index contributed by atoms with van der Waals surface area (Å²) in [6.45, 7) is 5.51. The molecule has 0 saturated carbocycles. The van der Waals surface area contributed by atoms with Gasteiger partial charge in [0, 0.05) is 26.2 Å². The number of nitrogens with two attached hydrogens (primary N) is 3. The molecule has 0 atom stereocenters. The fourth-order valence-corrected chi connectivity index (χ4v) is 1.77. The molecule has 0 aromatic carbocycles. The molecular weight excluding hydrogens is 276 g/mol. The van der Waals surface area contributed by atoms with Crippen molar-refractivity contribution < 1.29 is 9.47 Å². The van der Waals surface area contributed by atoms with E-state index < -0.39 is 0 Å². The molecule has 10 nitrogen and oxygen atoms in total. The summed E-state index contributed by atoms with van der Waals surface area (Å²) < 4.78 is 10.2. The van der Waals surface area contributed by atoms with Gasteiger partial charge in [-0.1, -0.05) is 0 Å². The van der Waals surface area contributed by atoms with Gasteiger partial charge in [-0.2, -0.15) is 4.99 Å². The van der Waals surface area contributed by atoms with Crippen molar-refractivity contribution in [1.82, 2.24) is 9.80 Å². The first-order valence-corrected chi connectivity index (χ1v) is 6.68. The van der Waals surface area contributed by atoms with E-state index in [0.29, 0.717) is 39.5 Å². The van der Waals surface area contributed by atoms with Crippen molar-refractivity contribution in [2.75, 3.05) is 52.6 Å². The minimum Gasteiger partial charge on any atom is -0.378 e. The highest BCUT2D eigenvalue weighted by molar-refractivity contribution is 5.91. The van der Waals surface area contributed by atoms with Gasteiger partial charge in [0.25, 0.3) is 0 Å². The average molecular weight is 300 g/mol. The van der Waals surface area contributed by atoms with Gasteiger partial charge in [0.2, 0.25) is 5.96 Å². The van der Waals surface area contributed by atoms with Crippen molar-refractivity contribution in [3.8, 4) is 0 Å². The molecule has 0 radical (unpaired) electrons. The van der Waals surface area contributed by atoms with Gasteiger partial charge < -0.3 is 36.5 Å². The molecule has 2 heterocycles. The van der Waals surface area contributed by atoms with E-state index in [-0.39, 0.29) is 17.9 Å². The lowest BCUT2D eigenvalue weighted by atomic mass is 10.4. The van der Waals surface area contributed by atoms with Gasteiger partial charge in [0.1, 0.15) is 0 Å². The number of nitrogens with one attached hydrogen (secondary N) is 2. The molecule has 2 aliphatic heterocycles. The minimum absolute atomic E-state index is 0.0773. The monoisotopic (exact) mass is 300 g/mol. The number of morpholine rings is 2. The summed E-state index contributed by atoms with van der Waals surface area (Å²) >= 11 is 0. The summed E-state index contributed by atoms with van der Waals surface area (Å²) in [5.41, 5.74) is 15.5. The van der Waals surface area contributed by atoms with E-state index >= 15 is 0 Å². The first-order chi connectivity index (χ1) is 10.0. The molecule has 0 unspecified atom stereocenters. The van der Waals surface area contributed by atoms with E-state index in [2.05, 4.69) is 4.99 Å². The zero-order valence-corrected chi connectivity index (χ0v) is 12.0. The molecule has 10 heteroatoms. The van der Waals surface area contributed by atoms with Crippen molar-refractivity contribution in [3.05, 3.63) is 0 Å². The quantitative estimate of drug-likeness (QED) is 0.249. The molecule has 0 bridgehead atoms. The first kappa shape index (κ1) is 17.0. The van der Waals surface area contributed by atoms with Gasteiger partial charge in [0.15, 0.2) is 11.9 Å². The lowest BCUT2D eigenvalue weighted by Crippen LogP contribution is -2.44. The Morgan fingerprint density at radius 1 is 0.810 bits per heavy atom. The smallest absolute Gasteiger partial charge is 0.221 e. The molecule has 8 N–H and O–H groups in total. The summed E-state index contributed by atoms with van der Waals surface area (Å²) in [5, 5.41) is 14.5. The molecule has 2 fully saturated rings. The number of ether oxygens (including phenoxy) is 2. The van der Waals surface area contributed by atoms with Crippen LogP contribution in [0.25, 0.3) is 0 Å². The highest BCUT2D eigenvalue weighted by atomic mass is 16.5. The Kier molecular flexibility index (Phi) is 7.26. The third-order valence-electron chi connectivity index (χ3n) is 2.90. The Hall–Kier alpha value is -2.07. The van der Waals surface area contributed by atoms with Gasteiger partial charge in [-0.3, -0.25) is 10.8 Å². The molecule has 0 spiro atoms. The maximum atomic E-state index is 7.44. The van der Waals surface area contributed by atoms with Crippen LogP contribution in [0.5, 0.6) is 0 Å². The number of guanidine groups is 3. The lowest BCUT2D eigenvalue weighted by Gasteiger charge is -2.26. The van der Waals surface area contributed by atoms with Gasteiger partial charge in [-0.25, -0.2) is 0 Å².